The average Bonchev–Trinajstić information content (AvgIpc) is 2.16. The Bertz CT molecular complexity index is 240. The van der Waals surface area contributed by atoms with Gasteiger partial charge in [0.05, 0.1) is 0 Å². The van der Waals surface area contributed by atoms with Crippen molar-refractivity contribution in [2.45, 2.75) is 32.7 Å². The second kappa shape index (κ2) is 4.41. The van der Waals surface area contributed by atoms with Crippen LogP contribution in [0.5, 0.6) is 0 Å². The average molecular weight is 200 g/mol. The Morgan fingerprint density at radius 2 is 2.14 bits per heavy atom. The number of rotatable bonds is 2. The molecule has 1 rings (SSSR count). The molecular formula is C9H16N2O3. The highest BCUT2D eigenvalue weighted by Gasteiger charge is 2.28. The zero-order valence-corrected chi connectivity index (χ0v) is 8.49. The van der Waals surface area contributed by atoms with Crippen molar-refractivity contribution in [1.82, 2.24) is 10.4 Å². The predicted molar refractivity (Wildman–Crippen MR) is 50.3 cm³/mol. The smallest absolute Gasteiger partial charge is 0.322 e. The topological polar surface area (TPSA) is 69.6 Å². The first-order chi connectivity index (χ1) is 6.52. The molecule has 1 aliphatic rings. The van der Waals surface area contributed by atoms with Crippen molar-refractivity contribution in [3.05, 3.63) is 0 Å². The molecule has 5 nitrogen and oxygen atoms in total. The van der Waals surface area contributed by atoms with E-state index in [1.165, 1.54) is 5.01 Å². The third-order valence-electron chi connectivity index (χ3n) is 2.24. The van der Waals surface area contributed by atoms with Gasteiger partial charge in [0.2, 0.25) is 5.91 Å². The Morgan fingerprint density at radius 3 is 2.64 bits per heavy atom. The molecule has 0 aliphatic carbocycles. The summed E-state index contributed by atoms with van der Waals surface area (Å²) in [5, 5.41) is 10.2. The first-order valence-electron chi connectivity index (χ1n) is 4.82. The minimum absolute atomic E-state index is 0.0454. The van der Waals surface area contributed by atoms with E-state index in [-0.39, 0.29) is 11.8 Å². The van der Waals surface area contributed by atoms with Crippen LogP contribution in [0.1, 0.15) is 26.7 Å². The SMILES string of the molecule is CC(C)C(=O)N1CCCC(C(=O)O)N1. The maximum Gasteiger partial charge on any atom is 0.322 e. The number of aliphatic carboxylic acids is 1. The van der Waals surface area contributed by atoms with Crippen LogP contribution >= 0.6 is 0 Å². The summed E-state index contributed by atoms with van der Waals surface area (Å²) in [5.41, 5.74) is 2.72. The van der Waals surface area contributed by atoms with Crippen LogP contribution in [0, 0.1) is 5.92 Å². The van der Waals surface area contributed by atoms with Gasteiger partial charge in [0.25, 0.3) is 0 Å². The molecule has 0 bridgehead atoms. The number of carboxylic acids is 1. The summed E-state index contributed by atoms with van der Waals surface area (Å²) in [6.45, 7) is 4.20. The monoisotopic (exact) mass is 200 g/mol. The Kier molecular flexibility index (Phi) is 3.46. The van der Waals surface area contributed by atoms with Crippen molar-refractivity contribution in [2.24, 2.45) is 5.92 Å². The molecule has 0 saturated carbocycles. The summed E-state index contributed by atoms with van der Waals surface area (Å²) >= 11 is 0. The van der Waals surface area contributed by atoms with E-state index < -0.39 is 12.0 Å². The van der Waals surface area contributed by atoms with Crippen molar-refractivity contribution < 1.29 is 14.7 Å². The normalized spacial score (nSPS) is 22.5. The molecule has 1 fully saturated rings. The second-order valence-corrected chi connectivity index (χ2v) is 3.81. The number of amides is 1. The lowest BCUT2D eigenvalue weighted by Crippen LogP contribution is -2.55. The van der Waals surface area contributed by atoms with E-state index in [2.05, 4.69) is 5.43 Å². The van der Waals surface area contributed by atoms with Gasteiger partial charge < -0.3 is 5.11 Å². The van der Waals surface area contributed by atoms with Crippen LogP contribution in [0.4, 0.5) is 0 Å². The number of carboxylic acid groups (broad SMARTS) is 1. The molecule has 0 aromatic heterocycles. The van der Waals surface area contributed by atoms with Crippen molar-refractivity contribution in [3.63, 3.8) is 0 Å². The molecule has 1 amide bonds. The fourth-order valence-corrected chi connectivity index (χ4v) is 1.43. The van der Waals surface area contributed by atoms with Crippen molar-refractivity contribution in [2.75, 3.05) is 6.54 Å². The molecule has 1 heterocycles. The van der Waals surface area contributed by atoms with Gasteiger partial charge in [-0.2, -0.15) is 0 Å². The van der Waals surface area contributed by atoms with Gasteiger partial charge in [-0.05, 0) is 12.8 Å². The molecule has 1 saturated heterocycles. The van der Waals surface area contributed by atoms with Crippen LogP contribution in [0.3, 0.4) is 0 Å². The first kappa shape index (κ1) is 11.0. The third kappa shape index (κ3) is 2.45. The summed E-state index contributed by atoms with van der Waals surface area (Å²) in [7, 11) is 0. The van der Waals surface area contributed by atoms with E-state index in [4.69, 9.17) is 5.11 Å². The molecule has 1 aliphatic heterocycles. The quantitative estimate of drug-likeness (QED) is 0.669. The second-order valence-electron chi connectivity index (χ2n) is 3.81. The van der Waals surface area contributed by atoms with Gasteiger partial charge in [-0.3, -0.25) is 14.6 Å². The van der Waals surface area contributed by atoms with Crippen molar-refractivity contribution in [1.29, 1.82) is 0 Å². The molecular weight excluding hydrogens is 184 g/mol. The fraction of sp³-hybridized carbons (Fsp3) is 0.778. The lowest BCUT2D eigenvalue weighted by Gasteiger charge is -2.32. The Labute approximate surface area is 83.1 Å². The van der Waals surface area contributed by atoms with Crippen LogP contribution in [-0.2, 0) is 9.59 Å². The largest absolute Gasteiger partial charge is 0.480 e. The van der Waals surface area contributed by atoms with E-state index in [0.29, 0.717) is 13.0 Å². The van der Waals surface area contributed by atoms with Gasteiger partial charge >= 0.3 is 5.97 Å². The highest BCUT2D eigenvalue weighted by Crippen LogP contribution is 2.10. The highest BCUT2D eigenvalue weighted by molar-refractivity contribution is 5.79. The number of nitrogens with zero attached hydrogens (tertiary/aromatic N) is 1. The minimum Gasteiger partial charge on any atom is -0.480 e. The molecule has 2 N–H and O–H groups in total. The summed E-state index contributed by atoms with van der Waals surface area (Å²) in [4.78, 5) is 22.2. The van der Waals surface area contributed by atoms with Gasteiger partial charge in [0.1, 0.15) is 6.04 Å². The number of hydrogen-bond donors (Lipinski definition) is 2. The minimum atomic E-state index is -0.897. The Hall–Kier alpha value is -1.10. The van der Waals surface area contributed by atoms with Gasteiger partial charge in [-0.25, -0.2) is 5.43 Å². The summed E-state index contributed by atoms with van der Waals surface area (Å²) < 4.78 is 0. The van der Waals surface area contributed by atoms with Crippen LogP contribution in [0.15, 0.2) is 0 Å². The molecule has 0 radical (unpaired) electrons. The lowest BCUT2D eigenvalue weighted by molar-refractivity contribution is -0.148. The molecule has 5 heteroatoms. The number of nitrogens with one attached hydrogen (secondary N) is 1. The molecule has 0 aromatic carbocycles. The van der Waals surface area contributed by atoms with Crippen LogP contribution < -0.4 is 5.43 Å². The van der Waals surface area contributed by atoms with Crippen molar-refractivity contribution in [3.8, 4) is 0 Å². The van der Waals surface area contributed by atoms with Gasteiger partial charge in [-0.15, -0.1) is 0 Å². The maximum atomic E-state index is 11.5. The fourth-order valence-electron chi connectivity index (χ4n) is 1.43. The van der Waals surface area contributed by atoms with Crippen LogP contribution in [-0.4, -0.2) is 34.6 Å². The van der Waals surface area contributed by atoms with E-state index in [0.717, 1.165) is 6.42 Å². The molecule has 1 unspecified atom stereocenters. The van der Waals surface area contributed by atoms with Gasteiger partial charge in [-0.1, -0.05) is 13.8 Å². The molecule has 1 atom stereocenters. The van der Waals surface area contributed by atoms with Crippen LogP contribution in [0.25, 0.3) is 0 Å². The molecule has 0 spiro atoms. The van der Waals surface area contributed by atoms with Crippen LogP contribution in [0.2, 0.25) is 0 Å². The third-order valence-corrected chi connectivity index (χ3v) is 2.24. The number of carbonyl (C=O) groups is 2. The van der Waals surface area contributed by atoms with E-state index in [1.807, 2.05) is 0 Å². The van der Waals surface area contributed by atoms with E-state index >= 15 is 0 Å². The molecule has 80 valence electrons. The summed E-state index contributed by atoms with van der Waals surface area (Å²) in [6, 6.07) is -0.619. The summed E-state index contributed by atoms with van der Waals surface area (Å²) in [6.07, 6.45) is 1.32. The van der Waals surface area contributed by atoms with Gasteiger partial charge in [0.15, 0.2) is 0 Å². The first-order valence-corrected chi connectivity index (χ1v) is 4.82. The number of carbonyl (C=O) groups excluding carboxylic acids is 1. The zero-order chi connectivity index (χ0) is 10.7. The van der Waals surface area contributed by atoms with Gasteiger partial charge in [0, 0.05) is 12.5 Å². The Balaban J connectivity index is 2.56. The standard InChI is InChI=1S/C9H16N2O3/c1-6(2)8(12)11-5-3-4-7(10-11)9(13)14/h6-7,10H,3-5H2,1-2H3,(H,13,14). The van der Waals surface area contributed by atoms with E-state index in [1.54, 1.807) is 13.8 Å². The number of hydrogen-bond acceptors (Lipinski definition) is 3. The summed E-state index contributed by atoms with van der Waals surface area (Å²) in [5.74, 6) is -1.04. The zero-order valence-electron chi connectivity index (χ0n) is 8.49. The molecule has 0 aromatic rings. The van der Waals surface area contributed by atoms with E-state index in [9.17, 15) is 9.59 Å². The highest BCUT2D eigenvalue weighted by atomic mass is 16.4. The predicted octanol–water partition coefficient (Wildman–Crippen LogP) is 0.223. The Morgan fingerprint density at radius 1 is 1.50 bits per heavy atom. The number of hydrazine groups is 1. The van der Waals surface area contributed by atoms with Crippen molar-refractivity contribution >= 4 is 11.9 Å². The lowest BCUT2D eigenvalue weighted by atomic mass is 10.1. The maximum absolute atomic E-state index is 11.5. The molecule has 14 heavy (non-hydrogen) atoms.